The van der Waals surface area contributed by atoms with Gasteiger partial charge in [-0.15, -0.1) is 0 Å². The number of hydrogen-bond donors (Lipinski definition) is 1. The van der Waals surface area contributed by atoms with E-state index in [2.05, 4.69) is 33.6 Å². The van der Waals surface area contributed by atoms with Gasteiger partial charge in [0.2, 0.25) is 0 Å². The van der Waals surface area contributed by atoms with E-state index < -0.39 is 0 Å². The molecule has 1 aliphatic rings. The highest BCUT2D eigenvalue weighted by molar-refractivity contribution is 5.10. The molecule has 0 aliphatic carbocycles. The van der Waals surface area contributed by atoms with E-state index in [0.29, 0.717) is 6.04 Å². The molecular formula is C13H24N4O. The number of aryl methyl sites for hydroxylation is 1. The monoisotopic (exact) mass is 252 g/mol. The zero-order valence-corrected chi connectivity index (χ0v) is 11.6. The van der Waals surface area contributed by atoms with Crippen LogP contribution in [0.1, 0.15) is 25.6 Å². The van der Waals surface area contributed by atoms with Crippen molar-refractivity contribution in [3.63, 3.8) is 0 Å². The largest absolute Gasteiger partial charge is 0.374 e. The van der Waals surface area contributed by atoms with E-state index in [4.69, 9.17) is 4.74 Å². The Balaban J connectivity index is 2.27. The summed E-state index contributed by atoms with van der Waals surface area (Å²) in [6.45, 7) is 9.04. The van der Waals surface area contributed by atoms with E-state index in [-0.39, 0.29) is 6.10 Å². The average molecular weight is 252 g/mol. The van der Waals surface area contributed by atoms with Crippen LogP contribution >= 0.6 is 0 Å². The Morgan fingerprint density at radius 1 is 1.44 bits per heavy atom. The Hall–Kier alpha value is -0.910. The van der Waals surface area contributed by atoms with Gasteiger partial charge in [-0.2, -0.15) is 0 Å². The summed E-state index contributed by atoms with van der Waals surface area (Å²) >= 11 is 0. The van der Waals surface area contributed by atoms with Gasteiger partial charge in [-0.1, -0.05) is 6.92 Å². The molecular weight excluding hydrogens is 228 g/mol. The Morgan fingerprint density at radius 2 is 2.28 bits per heavy atom. The number of nitrogens with one attached hydrogen (secondary N) is 1. The maximum atomic E-state index is 5.94. The van der Waals surface area contributed by atoms with Crippen molar-refractivity contribution < 1.29 is 4.74 Å². The molecule has 0 amide bonds. The van der Waals surface area contributed by atoms with Crippen LogP contribution in [0.2, 0.25) is 0 Å². The molecule has 1 aliphatic heterocycles. The molecule has 2 atom stereocenters. The lowest BCUT2D eigenvalue weighted by Gasteiger charge is -2.40. The molecule has 0 aromatic carbocycles. The second kappa shape index (κ2) is 6.31. The highest BCUT2D eigenvalue weighted by Crippen LogP contribution is 2.28. The minimum atomic E-state index is 0.200. The van der Waals surface area contributed by atoms with Crippen molar-refractivity contribution in [3.8, 4) is 0 Å². The zero-order chi connectivity index (χ0) is 13.0. The average Bonchev–Trinajstić information content (AvgIpc) is 2.86. The van der Waals surface area contributed by atoms with E-state index >= 15 is 0 Å². The van der Waals surface area contributed by atoms with Gasteiger partial charge in [0.15, 0.2) is 0 Å². The molecule has 1 N–H and O–H groups in total. The van der Waals surface area contributed by atoms with Crippen LogP contribution in [0, 0.1) is 0 Å². The quantitative estimate of drug-likeness (QED) is 0.845. The fourth-order valence-corrected chi connectivity index (χ4v) is 2.73. The van der Waals surface area contributed by atoms with Crippen molar-refractivity contribution >= 4 is 0 Å². The summed E-state index contributed by atoms with van der Waals surface area (Å²) in [7, 11) is 1.97. The molecule has 1 aromatic heterocycles. The molecule has 2 heterocycles. The third-order valence-corrected chi connectivity index (χ3v) is 3.66. The number of aromatic nitrogens is 2. The van der Waals surface area contributed by atoms with Crippen LogP contribution in [0.15, 0.2) is 12.5 Å². The van der Waals surface area contributed by atoms with Gasteiger partial charge in [-0.25, -0.2) is 4.98 Å². The van der Waals surface area contributed by atoms with Crippen LogP contribution in [0.25, 0.3) is 0 Å². The molecule has 5 nitrogen and oxygen atoms in total. The Kier molecular flexibility index (Phi) is 4.74. The maximum Gasteiger partial charge on any atom is 0.0948 e. The van der Waals surface area contributed by atoms with Gasteiger partial charge < -0.3 is 14.6 Å². The van der Waals surface area contributed by atoms with E-state index in [1.807, 2.05) is 19.6 Å². The predicted molar refractivity (Wildman–Crippen MR) is 71.6 cm³/mol. The van der Waals surface area contributed by atoms with Crippen molar-refractivity contribution in [2.45, 2.75) is 32.5 Å². The molecule has 1 fully saturated rings. The second-order valence-electron chi connectivity index (χ2n) is 4.64. The minimum absolute atomic E-state index is 0.200. The van der Waals surface area contributed by atoms with Crippen molar-refractivity contribution in [2.24, 2.45) is 0 Å². The summed E-state index contributed by atoms with van der Waals surface area (Å²) in [6, 6.07) is 0.304. The van der Waals surface area contributed by atoms with Crippen LogP contribution in [0.4, 0.5) is 0 Å². The first-order chi connectivity index (χ1) is 8.81. The van der Waals surface area contributed by atoms with Gasteiger partial charge in [0.25, 0.3) is 0 Å². The first-order valence-corrected chi connectivity index (χ1v) is 6.82. The summed E-state index contributed by atoms with van der Waals surface area (Å²) in [5.41, 5.74) is 1.26. The number of imidazole rings is 1. The molecule has 5 heteroatoms. The van der Waals surface area contributed by atoms with Crippen LogP contribution < -0.4 is 5.32 Å². The van der Waals surface area contributed by atoms with Crippen LogP contribution in [0.5, 0.6) is 0 Å². The Morgan fingerprint density at radius 3 is 2.94 bits per heavy atom. The van der Waals surface area contributed by atoms with Gasteiger partial charge in [0, 0.05) is 25.8 Å². The molecule has 0 saturated carbocycles. The summed E-state index contributed by atoms with van der Waals surface area (Å²) in [6.07, 6.45) is 4.09. The van der Waals surface area contributed by atoms with Crippen molar-refractivity contribution in [1.29, 1.82) is 0 Å². The smallest absolute Gasteiger partial charge is 0.0948 e. The van der Waals surface area contributed by atoms with E-state index in [1.165, 1.54) is 5.69 Å². The fourth-order valence-electron chi connectivity index (χ4n) is 2.73. The van der Waals surface area contributed by atoms with Crippen LogP contribution in [-0.4, -0.2) is 53.8 Å². The summed E-state index contributed by atoms with van der Waals surface area (Å²) in [5, 5.41) is 3.23. The van der Waals surface area contributed by atoms with Crippen molar-refractivity contribution in [3.05, 3.63) is 18.2 Å². The third-order valence-electron chi connectivity index (χ3n) is 3.66. The van der Waals surface area contributed by atoms with Crippen LogP contribution in [-0.2, 0) is 11.3 Å². The van der Waals surface area contributed by atoms with Crippen molar-refractivity contribution in [2.75, 3.05) is 33.3 Å². The lowest BCUT2D eigenvalue weighted by atomic mass is 10.0. The van der Waals surface area contributed by atoms with E-state index in [9.17, 15) is 0 Å². The molecule has 2 rings (SSSR count). The first kappa shape index (κ1) is 13.5. The Labute approximate surface area is 109 Å². The standard InChI is InChI=1S/C13H24N4O/c1-4-16-6-7-18-12(9-14-3)13(16)11-8-15-10-17(11)5-2/h8,10,12-14H,4-7,9H2,1-3H3. The van der Waals surface area contributed by atoms with Crippen molar-refractivity contribution in [1.82, 2.24) is 19.8 Å². The third kappa shape index (κ3) is 2.58. The first-order valence-electron chi connectivity index (χ1n) is 6.82. The molecule has 0 radical (unpaired) electrons. The summed E-state index contributed by atoms with van der Waals surface area (Å²) in [5.74, 6) is 0. The topological polar surface area (TPSA) is 42.3 Å². The van der Waals surface area contributed by atoms with Gasteiger partial charge in [0.1, 0.15) is 0 Å². The van der Waals surface area contributed by atoms with Gasteiger partial charge in [-0.3, -0.25) is 4.90 Å². The number of nitrogens with zero attached hydrogens (tertiary/aromatic N) is 3. The number of morpholine rings is 1. The fraction of sp³-hybridized carbons (Fsp3) is 0.769. The Bertz CT molecular complexity index is 364. The SMILES string of the molecule is CCN1CCOC(CNC)C1c1cncn1CC. The molecule has 1 aromatic rings. The minimum Gasteiger partial charge on any atom is -0.374 e. The molecule has 2 unspecified atom stereocenters. The number of hydrogen-bond acceptors (Lipinski definition) is 4. The summed E-state index contributed by atoms with van der Waals surface area (Å²) < 4.78 is 8.15. The molecule has 0 bridgehead atoms. The number of likely N-dealkylation sites (N-methyl/N-ethyl adjacent to an activating group) is 2. The lowest BCUT2D eigenvalue weighted by molar-refractivity contribution is -0.0709. The van der Waals surface area contributed by atoms with Gasteiger partial charge in [-0.05, 0) is 20.5 Å². The lowest BCUT2D eigenvalue weighted by Crippen LogP contribution is -2.49. The highest BCUT2D eigenvalue weighted by Gasteiger charge is 2.34. The molecule has 102 valence electrons. The zero-order valence-electron chi connectivity index (χ0n) is 11.6. The molecule has 18 heavy (non-hydrogen) atoms. The van der Waals surface area contributed by atoms with Gasteiger partial charge >= 0.3 is 0 Å². The molecule has 0 spiro atoms. The number of ether oxygens (including phenoxy) is 1. The van der Waals surface area contributed by atoms with Gasteiger partial charge in [0.05, 0.1) is 30.8 Å². The van der Waals surface area contributed by atoms with Crippen LogP contribution in [0.3, 0.4) is 0 Å². The normalized spacial score (nSPS) is 25.5. The summed E-state index contributed by atoms with van der Waals surface area (Å²) in [4.78, 5) is 6.77. The van der Waals surface area contributed by atoms with E-state index in [1.54, 1.807) is 0 Å². The number of rotatable bonds is 5. The molecule has 1 saturated heterocycles. The highest BCUT2D eigenvalue weighted by atomic mass is 16.5. The second-order valence-corrected chi connectivity index (χ2v) is 4.64. The predicted octanol–water partition coefficient (Wildman–Crippen LogP) is 0.884. The maximum absolute atomic E-state index is 5.94. The van der Waals surface area contributed by atoms with E-state index in [0.717, 1.165) is 32.8 Å².